The second-order valence-electron chi connectivity index (χ2n) is 6.18. The lowest BCUT2D eigenvalue weighted by Crippen LogP contribution is -2.45. The Bertz CT molecular complexity index is 663. The van der Waals surface area contributed by atoms with Gasteiger partial charge in [0.2, 0.25) is 0 Å². The van der Waals surface area contributed by atoms with Crippen molar-refractivity contribution in [3.8, 4) is 0 Å². The van der Waals surface area contributed by atoms with Crippen LogP contribution in [0.15, 0.2) is 48.5 Å². The predicted molar refractivity (Wildman–Crippen MR) is 92.5 cm³/mol. The Balaban J connectivity index is 2.33. The molecule has 0 saturated heterocycles. The number of carbonyl (C=O) groups excluding carboxylic acids is 1. The largest absolute Gasteiger partial charge is 0.329 e. The predicted octanol–water partition coefficient (Wildman–Crippen LogP) is 5.43. The molecule has 1 amide bonds. The molecule has 0 N–H and O–H groups in total. The molecule has 116 valence electrons. The van der Waals surface area contributed by atoms with Crippen LogP contribution in [0.25, 0.3) is 0 Å². The van der Waals surface area contributed by atoms with Gasteiger partial charge in [0.25, 0.3) is 5.91 Å². The first-order valence-electron chi connectivity index (χ1n) is 7.10. The van der Waals surface area contributed by atoms with Crippen molar-refractivity contribution < 1.29 is 4.79 Å². The first-order chi connectivity index (χ1) is 10.3. The van der Waals surface area contributed by atoms with Crippen LogP contribution in [0, 0.1) is 0 Å². The zero-order valence-electron chi connectivity index (χ0n) is 12.9. The number of rotatable bonds is 3. The van der Waals surface area contributed by atoms with Gasteiger partial charge in [-0.05, 0) is 44.5 Å². The van der Waals surface area contributed by atoms with Crippen molar-refractivity contribution in [2.24, 2.45) is 0 Å². The van der Waals surface area contributed by atoms with Gasteiger partial charge in [0, 0.05) is 17.6 Å². The minimum Gasteiger partial charge on any atom is -0.329 e. The molecule has 4 heteroatoms. The Morgan fingerprint density at radius 1 is 1.00 bits per heavy atom. The van der Waals surface area contributed by atoms with Crippen LogP contribution in [0.3, 0.4) is 0 Å². The second-order valence-corrected chi connectivity index (χ2v) is 6.99. The molecule has 22 heavy (non-hydrogen) atoms. The van der Waals surface area contributed by atoms with Crippen molar-refractivity contribution in [2.75, 3.05) is 0 Å². The van der Waals surface area contributed by atoms with Crippen molar-refractivity contribution in [1.29, 1.82) is 0 Å². The van der Waals surface area contributed by atoms with Gasteiger partial charge in [-0.15, -0.1) is 0 Å². The van der Waals surface area contributed by atoms with Gasteiger partial charge < -0.3 is 4.90 Å². The van der Waals surface area contributed by atoms with Crippen LogP contribution in [-0.2, 0) is 6.54 Å². The Kier molecular flexibility index (Phi) is 5.15. The first kappa shape index (κ1) is 16.9. The average Bonchev–Trinajstić information content (AvgIpc) is 2.47. The fraction of sp³-hybridized carbons (Fsp3) is 0.278. The van der Waals surface area contributed by atoms with Crippen molar-refractivity contribution in [1.82, 2.24) is 4.90 Å². The molecule has 2 aromatic rings. The molecule has 0 atom stereocenters. The highest BCUT2D eigenvalue weighted by atomic mass is 35.5. The molecule has 0 aliphatic carbocycles. The summed E-state index contributed by atoms with van der Waals surface area (Å²) in [5.74, 6) is -0.0603. The van der Waals surface area contributed by atoms with Gasteiger partial charge in [-0.3, -0.25) is 4.79 Å². The number of benzene rings is 2. The minimum absolute atomic E-state index is 0.0603. The van der Waals surface area contributed by atoms with Crippen LogP contribution < -0.4 is 0 Å². The number of hydrogen-bond donors (Lipinski definition) is 0. The highest BCUT2D eigenvalue weighted by Gasteiger charge is 2.27. The van der Waals surface area contributed by atoms with Crippen molar-refractivity contribution in [3.05, 3.63) is 69.7 Å². The normalized spacial score (nSPS) is 11.3. The van der Waals surface area contributed by atoms with Crippen LogP contribution in [0.4, 0.5) is 0 Å². The van der Waals surface area contributed by atoms with Crippen LogP contribution in [0.5, 0.6) is 0 Å². The average molecular weight is 336 g/mol. The van der Waals surface area contributed by atoms with Gasteiger partial charge in [-0.25, -0.2) is 0 Å². The Morgan fingerprint density at radius 2 is 1.64 bits per heavy atom. The topological polar surface area (TPSA) is 20.3 Å². The van der Waals surface area contributed by atoms with Crippen LogP contribution in [0.2, 0.25) is 10.0 Å². The van der Waals surface area contributed by atoms with E-state index in [4.69, 9.17) is 23.2 Å². The lowest BCUT2D eigenvalue weighted by Gasteiger charge is -2.36. The number of nitrogens with zero attached hydrogens (tertiary/aromatic N) is 1. The van der Waals surface area contributed by atoms with Crippen molar-refractivity contribution in [3.63, 3.8) is 0 Å². The summed E-state index contributed by atoms with van der Waals surface area (Å²) in [7, 11) is 0. The lowest BCUT2D eigenvalue weighted by molar-refractivity contribution is 0.0559. The second kappa shape index (κ2) is 6.72. The molecule has 2 aromatic carbocycles. The quantitative estimate of drug-likeness (QED) is 0.731. The third-order valence-corrected chi connectivity index (χ3v) is 4.14. The number of carbonyl (C=O) groups is 1. The molecule has 0 bridgehead atoms. The fourth-order valence-electron chi connectivity index (χ4n) is 2.16. The molecule has 0 unspecified atom stereocenters. The SMILES string of the molecule is CC(C)(C)N(Cc1ccccc1)C(=O)c1ccc(Cl)c(Cl)c1. The molecule has 0 radical (unpaired) electrons. The Labute approximate surface area is 141 Å². The van der Waals surface area contributed by atoms with Crippen LogP contribution in [-0.4, -0.2) is 16.3 Å². The summed E-state index contributed by atoms with van der Waals surface area (Å²) in [5.41, 5.74) is 1.32. The van der Waals surface area contributed by atoms with E-state index >= 15 is 0 Å². The van der Waals surface area contributed by atoms with E-state index in [1.807, 2.05) is 56.0 Å². The maximum atomic E-state index is 12.9. The molecular weight excluding hydrogens is 317 g/mol. The van der Waals surface area contributed by atoms with E-state index in [0.29, 0.717) is 22.2 Å². The summed E-state index contributed by atoms with van der Waals surface area (Å²) in [4.78, 5) is 14.7. The van der Waals surface area contributed by atoms with Gasteiger partial charge >= 0.3 is 0 Å². The molecule has 0 aliphatic rings. The van der Waals surface area contributed by atoms with E-state index in [-0.39, 0.29) is 11.4 Å². The highest BCUT2D eigenvalue weighted by molar-refractivity contribution is 6.42. The van der Waals surface area contributed by atoms with E-state index in [1.165, 1.54) is 0 Å². The van der Waals surface area contributed by atoms with E-state index in [0.717, 1.165) is 5.56 Å². The summed E-state index contributed by atoms with van der Waals surface area (Å²) >= 11 is 12.0. The van der Waals surface area contributed by atoms with E-state index in [9.17, 15) is 4.79 Å². The minimum atomic E-state index is -0.307. The zero-order chi connectivity index (χ0) is 16.3. The third kappa shape index (κ3) is 4.02. The maximum Gasteiger partial charge on any atom is 0.254 e. The van der Waals surface area contributed by atoms with Crippen molar-refractivity contribution >= 4 is 29.1 Å². The lowest BCUT2D eigenvalue weighted by atomic mass is 10.0. The standard InChI is InChI=1S/C18H19Cl2NO/c1-18(2,3)21(12-13-7-5-4-6-8-13)17(22)14-9-10-15(19)16(20)11-14/h4-11H,12H2,1-3H3. The fourth-order valence-corrected chi connectivity index (χ4v) is 2.46. The van der Waals surface area contributed by atoms with Crippen LogP contribution >= 0.6 is 23.2 Å². The number of halogens is 2. The number of hydrogen-bond acceptors (Lipinski definition) is 1. The van der Waals surface area contributed by atoms with Gasteiger partial charge in [0.15, 0.2) is 0 Å². The summed E-state index contributed by atoms with van der Waals surface area (Å²) in [6, 6.07) is 14.9. The van der Waals surface area contributed by atoms with Crippen LogP contribution in [0.1, 0.15) is 36.7 Å². The molecule has 0 heterocycles. The summed E-state index contributed by atoms with van der Waals surface area (Å²) in [6.45, 7) is 6.60. The molecule has 0 saturated carbocycles. The summed E-state index contributed by atoms with van der Waals surface area (Å²) < 4.78 is 0. The van der Waals surface area contributed by atoms with E-state index in [2.05, 4.69) is 0 Å². The molecular formula is C18H19Cl2NO. The maximum absolute atomic E-state index is 12.9. The molecule has 0 spiro atoms. The molecule has 2 rings (SSSR count). The first-order valence-corrected chi connectivity index (χ1v) is 7.85. The zero-order valence-corrected chi connectivity index (χ0v) is 14.4. The Morgan fingerprint density at radius 3 is 2.18 bits per heavy atom. The smallest absolute Gasteiger partial charge is 0.254 e. The van der Waals surface area contributed by atoms with Gasteiger partial charge in [0.05, 0.1) is 10.0 Å². The molecule has 0 aliphatic heterocycles. The molecule has 0 fully saturated rings. The van der Waals surface area contributed by atoms with E-state index in [1.54, 1.807) is 18.2 Å². The summed E-state index contributed by atoms with van der Waals surface area (Å²) in [6.07, 6.45) is 0. The van der Waals surface area contributed by atoms with Gasteiger partial charge in [-0.1, -0.05) is 53.5 Å². The Hall–Kier alpha value is -1.51. The van der Waals surface area contributed by atoms with E-state index < -0.39 is 0 Å². The molecule has 2 nitrogen and oxygen atoms in total. The number of amides is 1. The summed E-state index contributed by atoms with van der Waals surface area (Å²) in [5, 5.41) is 0.838. The highest BCUT2D eigenvalue weighted by Crippen LogP contribution is 2.26. The monoisotopic (exact) mass is 335 g/mol. The van der Waals surface area contributed by atoms with Gasteiger partial charge in [0.1, 0.15) is 0 Å². The third-order valence-electron chi connectivity index (χ3n) is 3.40. The molecule has 0 aromatic heterocycles. The van der Waals surface area contributed by atoms with Gasteiger partial charge in [-0.2, -0.15) is 0 Å². The van der Waals surface area contributed by atoms with Crippen molar-refractivity contribution in [2.45, 2.75) is 32.9 Å².